The van der Waals surface area contributed by atoms with Gasteiger partial charge in [0.25, 0.3) is 0 Å². The molecule has 0 amide bonds. The summed E-state index contributed by atoms with van der Waals surface area (Å²) >= 11 is 3.59. The van der Waals surface area contributed by atoms with Crippen molar-refractivity contribution in [1.82, 2.24) is 9.80 Å². The van der Waals surface area contributed by atoms with Crippen LogP contribution in [0.4, 0.5) is 0 Å². The van der Waals surface area contributed by atoms with E-state index in [-0.39, 0.29) is 0 Å². The molecule has 1 aliphatic heterocycles. The van der Waals surface area contributed by atoms with Gasteiger partial charge in [0.1, 0.15) is 0 Å². The minimum atomic E-state index is 0.780. The number of likely N-dealkylation sites (tertiary alicyclic amines) is 1. The van der Waals surface area contributed by atoms with Crippen molar-refractivity contribution in [2.45, 2.75) is 25.8 Å². The molecule has 1 saturated heterocycles. The van der Waals surface area contributed by atoms with E-state index in [0.717, 1.165) is 17.3 Å². The number of hydrogen-bond donors (Lipinski definition) is 0. The summed E-state index contributed by atoms with van der Waals surface area (Å²) < 4.78 is 0. The Bertz CT molecular complexity index is 157. The predicted molar refractivity (Wildman–Crippen MR) is 66.1 cm³/mol. The van der Waals surface area contributed by atoms with E-state index < -0.39 is 0 Å². The highest BCUT2D eigenvalue weighted by atomic mass is 79.9. The minimum absolute atomic E-state index is 0.780. The highest BCUT2D eigenvalue weighted by Crippen LogP contribution is 2.17. The van der Waals surface area contributed by atoms with Gasteiger partial charge in [-0.25, -0.2) is 0 Å². The smallest absolute Gasteiger partial charge is 0.0229 e. The Morgan fingerprint density at radius 3 is 2.64 bits per heavy atom. The Hall–Kier alpha value is 0.400. The summed E-state index contributed by atoms with van der Waals surface area (Å²) in [4.78, 5) is 4.97. The monoisotopic (exact) mass is 262 g/mol. The summed E-state index contributed by atoms with van der Waals surface area (Å²) in [7, 11) is 4.38. The lowest BCUT2D eigenvalue weighted by Crippen LogP contribution is -2.33. The molecule has 0 saturated carbocycles. The molecule has 2 unspecified atom stereocenters. The normalized spacial score (nSPS) is 25.9. The average molecular weight is 263 g/mol. The number of likely N-dealkylation sites (N-methyl/N-ethyl adjacent to an activating group) is 1. The first-order valence-electron chi connectivity index (χ1n) is 5.62. The van der Waals surface area contributed by atoms with Gasteiger partial charge in [-0.1, -0.05) is 29.3 Å². The molecule has 0 bridgehead atoms. The Morgan fingerprint density at radius 2 is 2.21 bits per heavy atom. The molecular weight excluding hydrogens is 240 g/mol. The van der Waals surface area contributed by atoms with Crippen LogP contribution in [0.5, 0.6) is 0 Å². The van der Waals surface area contributed by atoms with E-state index in [0.29, 0.717) is 0 Å². The predicted octanol–water partition coefficient (Wildman–Crippen LogP) is 2.04. The summed E-state index contributed by atoms with van der Waals surface area (Å²) in [6, 6.07) is 0.780. The van der Waals surface area contributed by atoms with E-state index >= 15 is 0 Å². The van der Waals surface area contributed by atoms with Crippen molar-refractivity contribution in [3.63, 3.8) is 0 Å². The van der Waals surface area contributed by atoms with Crippen molar-refractivity contribution in [2.75, 3.05) is 39.1 Å². The molecule has 0 aliphatic carbocycles. The fraction of sp³-hybridized carbons (Fsp3) is 1.00. The number of halogens is 1. The van der Waals surface area contributed by atoms with E-state index in [9.17, 15) is 0 Å². The van der Waals surface area contributed by atoms with E-state index in [1.807, 2.05) is 0 Å². The molecular formula is C11H23BrN2. The summed E-state index contributed by atoms with van der Waals surface area (Å²) in [5, 5.41) is 1.15. The van der Waals surface area contributed by atoms with Crippen LogP contribution in [0.25, 0.3) is 0 Å². The zero-order valence-corrected chi connectivity index (χ0v) is 11.3. The lowest BCUT2D eigenvalue weighted by molar-refractivity contribution is 0.247. The van der Waals surface area contributed by atoms with Crippen LogP contribution in [0.1, 0.15) is 19.8 Å². The topological polar surface area (TPSA) is 6.48 Å². The minimum Gasteiger partial charge on any atom is -0.305 e. The van der Waals surface area contributed by atoms with Crippen LogP contribution >= 0.6 is 15.9 Å². The number of hydrogen-bond acceptors (Lipinski definition) is 2. The Morgan fingerprint density at radius 1 is 1.50 bits per heavy atom. The second-order valence-electron chi connectivity index (χ2n) is 4.59. The van der Waals surface area contributed by atoms with Gasteiger partial charge in [0.15, 0.2) is 0 Å². The molecule has 2 atom stereocenters. The van der Waals surface area contributed by atoms with E-state index in [2.05, 4.69) is 46.7 Å². The fourth-order valence-electron chi connectivity index (χ4n) is 2.05. The molecule has 1 rings (SSSR count). The first-order chi connectivity index (χ1) is 6.67. The SMILES string of the molecule is CCC(CBr)CN1CCC(N(C)C)C1. The van der Waals surface area contributed by atoms with Gasteiger partial charge in [-0.05, 0) is 33.0 Å². The highest BCUT2D eigenvalue weighted by molar-refractivity contribution is 9.09. The van der Waals surface area contributed by atoms with Gasteiger partial charge in [-0.2, -0.15) is 0 Å². The Balaban J connectivity index is 2.28. The number of alkyl halides is 1. The van der Waals surface area contributed by atoms with E-state index in [4.69, 9.17) is 0 Å². The molecule has 0 aromatic heterocycles. The third-order valence-electron chi connectivity index (χ3n) is 3.29. The highest BCUT2D eigenvalue weighted by Gasteiger charge is 2.24. The van der Waals surface area contributed by atoms with Crippen LogP contribution < -0.4 is 0 Å². The maximum Gasteiger partial charge on any atom is 0.0229 e. The van der Waals surface area contributed by atoms with Crippen LogP contribution in [0, 0.1) is 5.92 Å². The molecule has 2 nitrogen and oxygen atoms in total. The molecule has 1 aliphatic rings. The van der Waals surface area contributed by atoms with Gasteiger partial charge >= 0.3 is 0 Å². The van der Waals surface area contributed by atoms with Gasteiger partial charge in [0.2, 0.25) is 0 Å². The third-order valence-corrected chi connectivity index (χ3v) is 4.21. The standard InChI is InChI=1S/C11H23BrN2/c1-4-10(7-12)8-14-6-5-11(9-14)13(2)3/h10-11H,4-9H2,1-3H3. The molecule has 84 valence electrons. The summed E-state index contributed by atoms with van der Waals surface area (Å²) in [5.74, 6) is 0.830. The fourth-order valence-corrected chi connectivity index (χ4v) is 2.71. The Labute approximate surface area is 96.8 Å². The van der Waals surface area contributed by atoms with Crippen molar-refractivity contribution in [1.29, 1.82) is 0 Å². The largest absolute Gasteiger partial charge is 0.305 e. The van der Waals surface area contributed by atoms with Crippen molar-refractivity contribution >= 4 is 15.9 Å². The first kappa shape index (κ1) is 12.5. The van der Waals surface area contributed by atoms with Crippen LogP contribution in [0.2, 0.25) is 0 Å². The van der Waals surface area contributed by atoms with Crippen molar-refractivity contribution in [3.05, 3.63) is 0 Å². The van der Waals surface area contributed by atoms with Crippen LogP contribution in [-0.4, -0.2) is 54.9 Å². The average Bonchev–Trinajstić information content (AvgIpc) is 2.62. The number of nitrogens with zero attached hydrogens (tertiary/aromatic N) is 2. The van der Waals surface area contributed by atoms with Gasteiger partial charge in [0.05, 0.1) is 0 Å². The molecule has 1 heterocycles. The maximum absolute atomic E-state index is 3.59. The zero-order valence-electron chi connectivity index (χ0n) is 9.67. The maximum atomic E-state index is 3.59. The molecule has 14 heavy (non-hydrogen) atoms. The lowest BCUT2D eigenvalue weighted by Gasteiger charge is -2.23. The summed E-state index contributed by atoms with van der Waals surface area (Å²) in [5.41, 5.74) is 0. The quantitative estimate of drug-likeness (QED) is 0.700. The first-order valence-corrected chi connectivity index (χ1v) is 6.74. The van der Waals surface area contributed by atoms with E-state index in [1.165, 1.54) is 32.5 Å². The zero-order chi connectivity index (χ0) is 10.6. The Kier molecular flexibility index (Phi) is 5.42. The van der Waals surface area contributed by atoms with Gasteiger partial charge in [0, 0.05) is 24.5 Å². The second-order valence-corrected chi connectivity index (χ2v) is 5.24. The molecule has 0 N–H and O–H groups in total. The van der Waals surface area contributed by atoms with Crippen LogP contribution in [-0.2, 0) is 0 Å². The van der Waals surface area contributed by atoms with Crippen LogP contribution in [0.15, 0.2) is 0 Å². The van der Waals surface area contributed by atoms with Crippen molar-refractivity contribution < 1.29 is 0 Å². The van der Waals surface area contributed by atoms with Gasteiger partial charge in [-0.3, -0.25) is 0 Å². The number of rotatable bonds is 5. The summed E-state index contributed by atoms with van der Waals surface area (Å²) in [6.07, 6.45) is 2.63. The van der Waals surface area contributed by atoms with Gasteiger partial charge < -0.3 is 9.80 Å². The van der Waals surface area contributed by atoms with Crippen LogP contribution in [0.3, 0.4) is 0 Å². The molecule has 0 spiro atoms. The molecule has 0 radical (unpaired) electrons. The lowest BCUT2D eigenvalue weighted by atomic mass is 10.1. The molecule has 3 heteroatoms. The molecule has 0 aromatic carbocycles. The second kappa shape index (κ2) is 6.09. The van der Waals surface area contributed by atoms with Gasteiger partial charge in [-0.15, -0.1) is 0 Å². The van der Waals surface area contributed by atoms with Crippen molar-refractivity contribution in [2.24, 2.45) is 5.92 Å². The summed E-state index contributed by atoms with van der Waals surface area (Å²) in [6.45, 7) is 6.10. The van der Waals surface area contributed by atoms with Crippen molar-refractivity contribution in [3.8, 4) is 0 Å². The molecule has 0 aromatic rings. The third kappa shape index (κ3) is 3.52. The van der Waals surface area contributed by atoms with E-state index in [1.54, 1.807) is 0 Å². The molecule has 1 fully saturated rings.